The lowest BCUT2D eigenvalue weighted by Crippen LogP contribution is -2.12. The van der Waals surface area contributed by atoms with E-state index in [1.807, 2.05) is 54.6 Å². The quantitative estimate of drug-likeness (QED) is 0.508. The van der Waals surface area contributed by atoms with E-state index in [2.05, 4.69) is 15.9 Å². The molecular weight excluding hydrogens is 421 g/mol. The van der Waals surface area contributed by atoms with Crippen molar-refractivity contribution >= 4 is 15.9 Å². The third kappa shape index (κ3) is 5.39. The number of allylic oxidation sites excluding steroid dienone is 3. The highest BCUT2D eigenvalue weighted by Gasteiger charge is 2.33. The molecule has 0 saturated heterocycles. The fourth-order valence-electron chi connectivity index (χ4n) is 2.66. The van der Waals surface area contributed by atoms with Crippen LogP contribution in [0, 0.1) is 5.92 Å². The van der Waals surface area contributed by atoms with Gasteiger partial charge in [-0.3, -0.25) is 0 Å². The Bertz CT molecular complexity index is 829. The van der Waals surface area contributed by atoms with E-state index in [4.69, 9.17) is 9.47 Å². The maximum atomic E-state index is 13.2. The van der Waals surface area contributed by atoms with Gasteiger partial charge in [-0.2, -0.15) is 13.2 Å². The third-order valence-electron chi connectivity index (χ3n) is 4.09. The molecule has 2 nitrogen and oxygen atoms in total. The lowest BCUT2D eigenvalue weighted by atomic mass is 10.0. The summed E-state index contributed by atoms with van der Waals surface area (Å²) in [5.41, 5.74) is 0.0719. The Labute approximate surface area is 164 Å². The summed E-state index contributed by atoms with van der Waals surface area (Å²) in [5.74, 6) is 0.518. The predicted molar refractivity (Wildman–Crippen MR) is 102 cm³/mol. The molecule has 142 valence electrons. The molecule has 0 heterocycles. The number of ether oxygens (including phenoxy) is 2. The van der Waals surface area contributed by atoms with Gasteiger partial charge in [-0.15, -0.1) is 0 Å². The molecule has 0 amide bonds. The normalized spacial score (nSPS) is 16.4. The fourth-order valence-corrected chi connectivity index (χ4v) is 3.22. The molecule has 0 N–H and O–H groups in total. The Morgan fingerprint density at radius 1 is 1.04 bits per heavy atom. The van der Waals surface area contributed by atoms with Crippen molar-refractivity contribution in [2.24, 2.45) is 5.92 Å². The highest BCUT2D eigenvalue weighted by atomic mass is 79.9. The van der Waals surface area contributed by atoms with Crippen molar-refractivity contribution in [3.8, 4) is 11.5 Å². The van der Waals surface area contributed by atoms with Gasteiger partial charge >= 0.3 is 6.18 Å². The van der Waals surface area contributed by atoms with Crippen LogP contribution in [0.4, 0.5) is 13.2 Å². The first-order valence-corrected chi connectivity index (χ1v) is 9.26. The SMILES string of the molecule is FC(F)(F)c1cc(Br)c(OCC2C=CC=CC2)c(OCc2ccccc2)c1. The molecule has 2 aromatic carbocycles. The van der Waals surface area contributed by atoms with E-state index in [-0.39, 0.29) is 28.5 Å². The summed E-state index contributed by atoms with van der Waals surface area (Å²) in [4.78, 5) is 0. The number of hydrogen-bond acceptors (Lipinski definition) is 2. The molecule has 0 bridgehead atoms. The van der Waals surface area contributed by atoms with Crippen LogP contribution in [0.2, 0.25) is 0 Å². The average molecular weight is 439 g/mol. The Morgan fingerprint density at radius 3 is 2.48 bits per heavy atom. The van der Waals surface area contributed by atoms with Gasteiger partial charge in [0, 0.05) is 5.92 Å². The van der Waals surface area contributed by atoms with Gasteiger partial charge in [0.1, 0.15) is 6.61 Å². The van der Waals surface area contributed by atoms with E-state index < -0.39 is 11.7 Å². The average Bonchev–Trinajstić information content (AvgIpc) is 2.66. The minimum Gasteiger partial charge on any atom is -0.488 e. The largest absolute Gasteiger partial charge is 0.488 e. The maximum Gasteiger partial charge on any atom is 0.416 e. The molecule has 1 unspecified atom stereocenters. The van der Waals surface area contributed by atoms with E-state index in [1.165, 1.54) is 0 Å². The number of halogens is 4. The molecule has 0 fully saturated rings. The van der Waals surface area contributed by atoms with Gasteiger partial charge in [0.2, 0.25) is 0 Å². The standard InChI is InChI=1S/C21H18BrF3O2/c22-18-11-17(21(23,24)25)12-19(26-13-15-7-3-1-4-8-15)20(18)27-14-16-9-5-2-6-10-16/h1-9,11-12,16H,10,13-14H2. The first-order valence-electron chi connectivity index (χ1n) is 8.47. The van der Waals surface area contributed by atoms with E-state index in [0.29, 0.717) is 6.61 Å². The second-order valence-electron chi connectivity index (χ2n) is 6.18. The molecular formula is C21H18BrF3O2. The van der Waals surface area contributed by atoms with Gasteiger partial charge < -0.3 is 9.47 Å². The lowest BCUT2D eigenvalue weighted by molar-refractivity contribution is -0.137. The number of rotatable bonds is 6. The molecule has 1 aliphatic rings. The molecule has 1 aliphatic carbocycles. The van der Waals surface area contributed by atoms with Crippen LogP contribution in [-0.2, 0) is 12.8 Å². The van der Waals surface area contributed by atoms with Crippen LogP contribution in [0.15, 0.2) is 71.2 Å². The molecule has 2 aromatic rings. The summed E-state index contributed by atoms with van der Waals surface area (Å²) in [6.07, 6.45) is 4.30. The summed E-state index contributed by atoms with van der Waals surface area (Å²) in [7, 11) is 0. The number of hydrogen-bond donors (Lipinski definition) is 0. The minimum atomic E-state index is -4.47. The van der Waals surface area contributed by atoms with Crippen molar-refractivity contribution in [2.45, 2.75) is 19.2 Å². The third-order valence-corrected chi connectivity index (χ3v) is 4.67. The van der Waals surface area contributed by atoms with E-state index >= 15 is 0 Å². The zero-order valence-corrected chi connectivity index (χ0v) is 16.0. The van der Waals surface area contributed by atoms with Crippen LogP contribution in [0.3, 0.4) is 0 Å². The van der Waals surface area contributed by atoms with Crippen molar-refractivity contribution < 1.29 is 22.6 Å². The fraction of sp³-hybridized carbons (Fsp3) is 0.238. The van der Waals surface area contributed by atoms with Crippen molar-refractivity contribution in [3.63, 3.8) is 0 Å². The van der Waals surface area contributed by atoms with Crippen molar-refractivity contribution in [1.82, 2.24) is 0 Å². The first kappa shape index (κ1) is 19.5. The van der Waals surface area contributed by atoms with Crippen molar-refractivity contribution in [3.05, 3.63) is 82.4 Å². The Balaban J connectivity index is 1.82. The second kappa shape index (κ2) is 8.65. The van der Waals surface area contributed by atoms with Crippen LogP contribution >= 0.6 is 15.9 Å². The molecule has 3 rings (SSSR count). The summed E-state index contributed by atoms with van der Waals surface area (Å²) < 4.78 is 51.3. The number of benzene rings is 2. The maximum absolute atomic E-state index is 13.2. The zero-order chi connectivity index (χ0) is 19.3. The lowest BCUT2D eigenvalue weighted by Gasteiger charge is -2.19. The van der Waals surface area contributed by atoms with Gasteiger partial charge in [0.05, 0.1) is 16.6 Å². The molecule has 0 spiro atoms. The summed E-state index contributed by atoms with van der Waals surface area (Å²) in [6, 6.07) is 11.3. The monoisotopic (exact) mass is 438 g/mol. The van der Waals surface area contributed by atoms with Gasteiger partial charge in [0.25, 0.3) is 0 Å². The van der Waals surface area contributed by atoms with Gasteiger partial charge in [-0.05, 0) is 40.0 Å². The van der Waals surface area contributed by atoms with Crippen LogP contribution in [0.25, 0.3) is 0 Å². The van der Waals surface area contributed by atoms with Crippen LogP contribution in [0.5, 0.6) is 11.5 Å². The Morgan fingerprint density at radius 2 is 1.81 bits per heavy atom. The van der Waals surface area contributed by atoms with Crippen LogP contribution in [0.1, 0.15) is 17.5 Å². The number of alkyl halides is 3. The van der Waals surface area contributed by atoms with Crippen LogP contribution in [-0.4, -0.2) is 6.61 Å². The Hall–Kier alpha value is -2.21. The van der Waals surface area contributed by atoms with Gasteiger partial charge in [-0.25, -0.2) is 0 Å². The summed E-state index contributed by atoms with van der Waals surface area (Å²) in [6.45, 7) is 0.503. The van der Waals surface area contributed by atoms with Crippen molar-refractivity contribution in [1.29, 1.82) is 0 Å². The van der Waals surface area contributed by atoms with E-state index in [1.54, 1.807) is 0 Å². The highest BCUT2D eigenvalue weighted by Crippen LogP contribution is 2.42. The Kier molecular flexibility index (Phi) is 6.26. The van der Waals surface area contributed by atoms with Gasteiger partial charge in [0.15, 0.2) is 11.5 Å². The van der Waals surface area contributed by atoms with Gasteiger partial charge in [-0.1, -0.05) is 54.6 Å². The van der Waals surface area contributed by atoms with E-state index in [0.717, 1.165) is 24.1 Å². The smallest absolute Gasteiger partial charge is 0.416 e. The molecule has 1 atom stereocenters. The summed E-state index contributed by atoms with van der Waals surface area (Å²) in [5, 5.41) is 0. The molecule has 0 saturated carbocycles. The van der Waals surface area contributed by atoms with Crippen molar-refractivity contribution in [2.75, 3.05) is 6.61 Å². The minimum absolute atomic E-state index is 0.0656. The molecule has 0 aromatic heterocycles. The zero-order valence-electron chi connectivity index (χ0n) is 14.4. The molecule has 0 radical (unpaired) electrons. The molecule has 0 aliphatic heterocycles. The first-order chi connectivity index (χ1) is 12.9. The van der Waals surface area contributed by atoms with E-state index in [9.17, 15) is 13.2 Å². The summed E-state index contributed by atoms with van der Waals surface area (Å²) >= 11 is 3.20. The topological polar surface area (TPSA) is 18.5 Å². The molecule has 27 heavy (non-hydrogen) atoms. The highest BCUT2D eigenvalue weighted by molar-refractivity contribution is 9.10. The predicted octanol–water partition coefficient (Wildman–Crippen LogP) is 6.56. The molecule has 6 heteroatoms. The van der Waals surface area contributed by atoms with Crippen LogP contribution < -0.4 is 9.47 Å². The second-order valence-corrected chi connectivity index (χ2v) is 7.03.